The Labute approximate surface area is 96.2 Å². The molecule has 0 heterocycles. The minimum Gasteiger partial charge on any atom is -0.462 e. The molecule has 0 amide bonds. The molecule has 2 nitrogen and oxygen atoms in total. The van der Waals surface area contributed by atoms with E-state index in [0.29, 0.717) is 12.2 Å². The molecule has 0 aliphatic heterocycles. The third-order valence-electron chi connectivity index (χ3n) is 1.67. The summed E-state index contributed by atoms with van der Waals surface area (Å²) in [4.78, 5) is 12.4. The molecule has 0 N–H and O–H groups in total. The van der Waals surface area contributed by atoms with E-state index in [-0.39, 0.29) is 5.97 Å². The minimum absolute atomic E-state index is 0.266. The first kappa shape index (κ1) is 11.6. The summed E-state index contributed by atoms with van der Waals surface area (Å²) in [6.45, 7) is 2.20. The maximum atomic E-state index is 11.5. The lowest BCUT2D eigenvalue weighted by Crippen LogP contribution is -2.06. The Morgan fingerprint density at radius 1 is 1.57 bits per heavy atom. The van der Waals surface area contributed by atoms with Crippen LogP contribution in [-0.4, -0.2) is 18.8 Å². The fraction of sp³-hybridized carbons (Fsp3) is 0.300. The Kier molecular flexibility index (Phi) is 4.48. The Balaban J connectivity index is 3.07. The Bertz CT molecular complexity index is 339. The minimum atomic E-state index is -0.266. The molecule has 1 aromatic carbocycles. The summed E-state index contributed by atoms with van der Waals surface area (Å²) in [7, 11) is 0. The fourth-order valence-electron chi connectivity index (χ4n) is 1.09. The highest BCUT2D eigenvalue weighted by Gasteiger charge is 2.13. The average molecular weight is 275 g/mol. The molecule has 1 rings (SSSR count). The molecule has 0 aliphatic rings. The van der Waals surface area contributed by atoms with Crippen molar-refractivity contribution in [1.82, 2.24) is 0 Å². The van der Waals surface area contributed by atoms with Crippen LogP contribution < -0.4 is 0 Å². The molecule has 0 fully saturated rings. The van der Waals surface area contributed by atoms with Crippen LogP contribution in [0.1, 0.15) is 17.3 Å². The van der Waals surface area contributed by atoms with Crippen LogP contribution in [-0.2, 0) is 4.74 Å². The van der Waals surface area contributed by atoms with Crippen molar-refractivity contribution in [2.75, 3.05) is 12.9 Å². The number of ether oxygens (including phenoxy) is 1. The van der Waals surface area contributed by atoms with Crippen LogP contribution in [0.3, 0.4) is 0 Å². The first-order chi connectivity index (χ1) is 6.70. The summed E-state index contributed by atoms with van der Waals surface area (Å²) in [6, 6.07) is 5.51. The van der Waals surface area contributed by atoms with Crippen LogP contribution in [0, 0.1) is 0 Å². The van der Waals surface area contributed by atoms with Crippen molar-refractivity contribution in [2.24, 2.45) is 0 Å². The van der Waals surface area contributed by atoms with Gasteiger partial charge in [-0.15, -0.1) is 11.8 Å². The van der Waals surface area contributed by atoms with E-state index >= 15 is 0 Å². The van der Waals surface area contributed by atoms with E-state index in [1.165, 1.54) is 11.8 Å². The quantitative estimate of drug-likeness (QED) is 0.625. The van der Waals surface area contributed by atoms with Gasteiger partial charge in [-0.25, -0.2) is 4.79 Å². The lowest BCUT2D eigenvalue weighted by molar-refractivity contribution is 0.0522. The smallest absolute Gasteiger partial charge is 0.339 e. The molecule has 0 atom stereocenters. The van der Waals surface area contributed by atoms with Crippen LogP contribution in [0.5, 0.6) is 0 Å². The predicted molar refractivity (Wildman–Crippen MR) is 61.9 cm³/mol. The van der Waals surface area contributed by atoms with Gasteiger partial charge in [0.1, 0.15) is 0 Å². The third-order valence-corrected chi connectivity index (χ3v) is 3.44. The molecule has 76 valence electrons. The average Bonchev–Trinajstić information content (AvgIpc) is 2.17. The van der Waals surface area contributed by atoms with Crippen LogP contribution in [0.2, 0.25) is 0 Å². The van der Waals surface area contributed by atoms with E-state index in [1.54, 1.807) is 13.0 Å². The predicted octanol–water partition coefficient (Wildman–Crippen LogP) is 3.35. The van der Waals surface area contributed by atoms with E-state index in [4.69, 9.17) is 4.74 Å². The molecule has 0 radical (unpaired) electrons. The number of carbonyl (C=O) groups excluding carboxylic acids is 1. The maximum absolute atomic E-state index is 11.5. The normalized spacial score (nSPS) is 9.93. The van der Waals surface area contributed by atoms with Gasteiger partial charge in [0.15, 0.2) is 0 Å². The van der Waals surface area contributed by atoms with E-state index < -0.39 is 0 Å². The van der Waals surface area contributed by atoms with E-state index in [1.807, 2.05) is 18.4 Å². The molecule has 4 heteroatoms. The summed E-state index contributed by atoms with van der Waals surface area (Å²) in [5.41, 5.74) is 0.619. The van der Waals surface area contributed by atoms with Gasteiger partial charge in [0.05, 0.1) is 12.2 Å². The number of thioether (sulfide) groups is 1. The number of benzene rings is 1. The fourth-order valence-corrected chi connectivity index (χ4v) is 2.57. The molecular formula is C10H11BrO2S. The number of hydrogen-bond donors (Lipinski definition) is 0. The van der Waals surface area contributed by atoms with Gasteiger partial charge in [-0.2, -0.15) is 0 Å². The molecule has 0 unspecified atom stereocenters. The number of esters is 1. The van der Waals surface area contributed by atoms with Crippen molar-refractivity contribution in [2.45, 2.75) is 11.8 Å². The van der Waals surface area contributed by atoms with Crippen molar-refractivity contribution in [3.05, 3.63) is 28.2 Å². The molecule has 0 aromatic heterocycles. The Morgan fingerprint density at radius 3 is 2.86 bits per heavy atom. The van der Waals surface area contributed by atoms with Gasteiger partial charge in [0, 0.05) is 9.37 Å². The first-order valence-electron chi connectivity index (χ1n) is 4.20. The topological polar surface area (TPSA) is 26.3 Å². The molecule has 1 aromatic rings. The second-order valence-corrected chi connectivity index (χ2v) is 4.21. The Hall–Kier alpha value is -0.480. The first-order valence-corrected chi connectivity index (χ1v) is 6.22. The summed E-state index contributed by atoms with van der Waals surface area (Å²) >= 11 is 4.93. The molecule has 0 saturated heterocycles. The van der Waals surface area contributed by atoms with Crippen LogP contribution in [0.4, 0.5) is 0 Å². The summed E-state index contributed by atoms with van der Waals surface area (Å²) in [5, 5.41) is 0. The van der Waals surface area contributed by atoms with E-state index in [2.05, 4.69) is 15.9 Å². The summed E-state index contributed by atoms with van der Waals surface area (Å²) in [6.07, 6.45) is 1.93. The second-order valence-electron chi connectivity index (χ2n) is 2.54. The zero-order valence-corrected chi connectivity index (χ0v) is 10.4. The standard InChI is InChI=1S/C10H11BrO2S/c1-3-13-10(12)7-5-4-6-8(11)9(7)14-2/h4-6H,3H2,1-2H3. The van der Waals surface area contributed by atoms with E-state index in [9.17, 15) is 4.79 Å². The van der Waals surface area contributed by atoms with Crippen molar-refractivity contribution < 1.29 is 9.53 Å². The number of halogens is 1. The van der Waals surface area contributed by atoms with Gasteiger partial charge in [0.2, 0.25) is 0 Å². The van der Waals surface area contributed by atoms with Crippen LogP contribution >= 0.6 is 27.7 Å². The lowest BCUT2D eigenvalue weighted by Gasteiger charge is -2.07. The number of hydrogen-bond acceptors (Lipinski definition) is 3. The maximum Gasteiger partial charge on any atom is 0.339 e. The van der Waals surface area contributed by atoms with Gasteiger partial charge in [-0.05, 0) is 41.2 Å². The van der Waals surface area contributed by atoms with Crippen molar-refractivity contribution in [3.63, 3.8) is 0 Å². The molecule has 0 spiro atoms. The molecule has 0 bridgehead atoms. The monoisotopic (exact) mass is 274 g/mol. The molecule has 14 heavy (non-hydrogen) atoms. The second kappa shape index (κ2) is 5.41. The van der Waals surface area contributed by atoms with E-state index in [0.717, 1.165) is 9.37 Å². The number of carbonyl (C=O) groups is 1. The summed E-state index contributed by atoms with van der Waals surface area (Å²) in [5.74, 6) is -0.266. The van der Waals surface area contributed by atoms with Gasteiger partial charge < -0.3 is 4.74 Å². The number of rotatable bonds is 3. The van der Waals surface area contributed by atoms with Gasteiger partial charge >= 0.3 is 5.97 Å². The largest absolute Gasteiger partial charge is 0.462 e. The highest BCUT2D eigenvalue weighted by molar-refractivity contribution is 9.10. The van der Waals surface area contributed by atoms with Crippen molar-refractivity contribution >= 4 is 33.7 Å². The Morgan fingerprint density at radius 2 is 2.29 bits per heavy atom. The highest BCUT2D eigenvalue weighted by atomic mass is 79.9. The summed E-state index contributed by atoms with van der Waals surface area (Å²) < 4.78 is 5.88. The van der Waals surface area contributed by atoms with Crippen LogP contribution in [0.25, 0.3) is 0 Å². The SMILES string of the molecule is CCOC(=O)c1cccc(Br)c1SC. The van der Waals surface area contributed by atoms with Crippen LogP contribution in [0.15, 0.2) is 27.6 Å². The lowest BCUT2D eigenvalue weighted by atomic mass is 10.2. The zero-order chi connectivity index (χ0) is 10.6. The third kappa shape index (κ3) is 2.51. The molecule has 0 aliphatic carbocycles. The molecule has 0 saturated carbocycles. The van der Waals surface area contributed by atoms with Gasteiger partial charge in [-0.1, -0.05) is 6.07 Å². The van der Waals surface area contributed by atoms with Crippen molar-refractivity contribution in [1.29, 1.82) is 0 Å². The zero-order valence-electron chi connectivity index (χ0n) is 8.04. The van der Waals surface area contributed by atoms with Gasteiger partial charge in [0.25, 0.3) is 0 Å². The highest BCUT2D eigenvalue weighted by Crippen LogP contribution is 2.29. The van der Waals surface area contributed by atoms with Gasteiger partial charge in [-0.3, -0.25) is 0 Å². The molecular weight excluding hydrogens is 264 g/mol. The van der Waals surface area contributed by atoms with Crippen molar-refractivity contribution in [3.8, 4) is 0 Å².